The second kappa shape index (κ2) is 5.85. The standard InChI is InChI=1S/C14H21N3O/c1-3-5-15-12-4-6-16-13(8-12)14(18)17-9-11-7-10(11)2/h4,6,8,10-11H,3,5,7,9H2,1-2H3,(H,15,16)(H,17,18). The number of carbonyl (C=O) groups is 1. The summed E-state index contributed by atoms with van der Waals surface area (Å²) in [6.07, 6.45) is 3.96. The highest BCUT2D eigenvalue weighted by molar-refractivity contribution is 5.93. The topological polar surface area (TPSA) is 54.0 Å². The minimum absolute atomic E-state index is 0.0748. The van der Waals surface area contributed by atoms with Crippen LogP contribution in [-0.2, 0) is 0 Å². The Kier molecular flexibility index (Phi) is 4.18. The third-order valence-corrected chi connectivity index (χ3v) is 3.37. The SMILES string of the molecule is CCCNc1ccnc(C(=O)NCC2CC2C)c1. The van der Waals surface area contributed by atoms with E-state index in [1.54, 1.807) is 12.3 Å². The lowest BCUT2D eigenvalue weighted by Gasteiger charge is -2.07. The number of hydrogen-bond acceptors (Lipinski definition) is 3. The van der Waals surface area contributed by atoms with E-state index in [-0.39, 0.29) is 5.91 Å². The highest BCUT2D eigenvalue weighted by atomic mass is 16.1. The molecule has 1 amide bonds. The number of amides is 1. The number of nitrogens with one attached hydrogen (secondary N) is 2. The van der Waals surface area contributed by atoms with Crippen molar-refractivity contribution in [1.29, 1.82) is 0 Å². The lowest BCUT2D eigenvalue weighted by atomic mass is 10.2. The molecule has 1 aromatic heterocycles. The van der Waals surface area contributed by atoms with Crippen LogP contribution >= 0.6 is 0 Å². The van der Waals surface area contributed by atoms with Crippen LogP contribution in [0.1, 0.15) is 37.2 Å². The molecule has 0 aliphatic heterocycles. The molecule has 0 radical (unpaired) electrons. The van der Waals surface area contributed by atoms with E-state index in [4.69, 9.17) is 0 Å². The third kappa shape index (κ3) is 3.45. The molecule has 0 spiro atoms. The first-order valence-electron chi connectivity index (χ1n) is 6.68. The average Bonchev–Trinajstić information content (AvgIpc) is 3.10. The first-order valence-corrected chi connectivity index (χ1v) is 6.68. The molecule has 1 aromatic rings. The molecule has 2 unspecified atom stereocenters. The highest BCUT2D eigenvalue weighted by Gasteiger charge is 2.32. The van der Waals surface area contributed by atoms with Crippen LogP contribution in [0.4, 0.5) is 5.69 Å². The molecule has 1 fully saturated rings. The van der Waals surface area contributed by atoms with Gasteiger partial charge in [0.2, 0.25) is 0 Å². The normalized spacial score (nSPS) is 21.4. The van der Waals surface area contributed by atoms with Gasteiger partial charge in [0.05, 0.1) is 0 Å². The summed E-state index contributed by atoms with van der Waals surface area (Å²) in [5.74, 6) is 1.35. The molecule has 0 bridgehead atoms. The zero-order valence-electron chi connectivity index (χ0n) is 11.1. The van der Waals surface area contributed by atoms with E-state index in [2.05, 4.69) is 29.5 Å². The zero-order chi connectivity index (χ0) is 13.0. The molecule has 0 aromatic carbocycles. The summed E-state index contributed by atoms with van der Waals surface area (Å²) in [5.41, 5.74) is 1.45. The number of nitrogens with zero attached hydrogens (tertiary/aromatic N) is 1. The quantitative estimate of drug-likeness (QED) is 0.811. The molecule has 98 valence electrons. The monoisotopic (exact) mass is 247 g/mol. The van der Waals surface area contributed by atoms with Gasteiger partial charge in [-0.3, -0.25) is 9.78 Å². The van der Waals surface area contributed by atoms with Gasteiger partial charge in [-0.05, 0) is 36.8 Å². The molecule has 4 nitrogen and oxygen atoms in total. The predicted molar refractivity (Wildman–Crippen MR) is 72.6 cm³/mol. The minimum Gasteiger partial charge on any atom is -0.385 e. The lowest BCUT2D eigenvalue weighted by molar-refractivity contribution is 0.0946. The fourth-order valence-electron chi connectivity index (χ4n) is 1.93. The largest absolute Gasteiger partial charge is 0.385 e. The Morgan fingerprint density at radius 1 is 1.56 bits per heavy atom. The van der Waals surface area contributed by atoms with Crippen LogP contribution < -0.4 is 10.6 Å². The van der Waals surface area contributed by atoms with Crippen molar-refractivity contribution < 1.29 is 4.79 Å². The zero-order valence-corrected chi connectivity index (χ0v) is 11.1. The fraction of sp³-hybridized carbons (Fsp3) is 0.571. The average molecular weight is 247 g/mol. The van der Waals surface area contributed by atoms with Crippen LogP contribution in [0.15, 0.2) is 18.3 Å². The van der Waals surface area contributed by atoms with Gasteiger partial charge in [0, 0.05) is 25.0 Å². The van der Waals surface area contributed by atoms with Gasteiger partial charge in [0.15, 0.2) is 0 Å². The van der Waals surface area contributed by atoms with Gasteiger partial charge in [-0.1, -0.05) is 13.8 Å². The van der Waals surface area contributed by atoms with E-state index in [0.29, 0.717) is 11.6 Å². The van der Waals surface area contributed by atoms with E-state index < -0.39 is 0 Å². The Morgan fingerprint density at radius 2 is 2.33 bits per heavy atom. The van der Waals surface area contributed by atoms with Crippen LogP contribution in [0.25, 0.3) is 0 Å². The Bertz CT molecular complexity index is 419. The van der Waals surface area contributed by atoms with Gasteiger partial charge in [-0.15, -0.1) is 0 Å². The van der Waals surface area contributed by atoms with Crippen molar-refractivity contribution in [2.24, 2.45) is 11.8 Å². The molecule has 1 saturated carbocycles. The van der Waals surface area contributed by atoms with Gasteiger partial charge in [-0.2, -0.15) is 0 Å². The molecule has 18 heavy (non-hydrogen) atoms. The molecular weight excluding hydrogens is 226 g/mol. The molecule has 2 N–H and O–H groups in total. The fourth-order valence-corrected chi connectivity index (χ4v) is 1.93. The maximum atomic E-state index is 11.9. The molecule has 1 aliphatic carbocycles. The van der Waals surface area contributed by atoms with Crippen LogP contribution in [0.3, 0.4) is 0 Å². The smallest absolute Gasteiger partial charge is 0.269 e. The Hall–Kier alpha value is -1.58. The summed E-state index contributed by atoms with van der Waals surface area (Å²) in [6.45, 7) is 6.00. The molecule has 1 heterocycles. The number of aromatic nitrogens is 1. The van der Waals surface area contributed by atoms with Crippen LogP contribution in [0.5, 0.6) is 0 Å². The summed E-state index contributed by atoms with van der Waals surface area (Å²) in [7, 11) is 0. The first-order chi connectivity index (χ1) is 8.70. The predicted octanol–water partition coefficient (Wildman–Crippen LogP) is 2.29. The highest BCUT2D eigenvalue weighted by Crippen LogP contribution is 2.36. The molecule has 0 saturated heterocycles. The van der Waals surface area contributed by atoms with Crippen molar-refractivity contribution in [3.05, 3.63) is 24.0 Å². The molecule has 1 aliphatic rings. The number of carbonyl (C=O) groups excluding carboxylic acids is 1. The van der Waals surface area contributed by atoms with Crippen molar-refractivity contribution in [2.45, 2.75) is 26.7 Å². The minimum atomic E-state index is -0.0748. The molecule has 2 rings (SSSR count). The molecular formula is C14H21N3O. The van der Waals surface area contributed by atoms with Gasteiger partial charge in [0.25, 0.3) is 5.91 Å². The number of hydrogen-bond donors (Lipinski definition) is 2. The summed E-state index contributed by atoms with van der Waals surface area (Å²) < 4.78 is 0. The van der Waals surface area contributed by atoms with Gasteiger partial charge in [0.1, 0.15) is 5.69 Å². The van der Waals surface area contributed by atoms with Crippen LogP contribution in [0, 0.1) is 11.8 Å². The van der Waals surface area contributed by atoms with Crippen molar-refractivity contribution >= 4 is 11.6 Å². The maximum Gasteiger partial charge on any atom is 0.269 e. The van der Waals surface area contributed by atoms with Crippen molar-refractivity contribution in [3.8, 4) is 0 Å². The first kappa shape index (κ1) is 12.9. The number of anilines is 1. The summed E-state index contributed by atoms with van der Waals surface area (Å²) in [6, 6.07) is 3.69. The van der Waals surface area contributed by atoms with E-state index in [1.807, 2.05) is 6.07 Å². The van der Waals surface area contributed by atoms with Gasteiger partial charge in [-0.25, -0.2) is 0 Å². The summed E-state index contributed by atoms with van der Waals surface area (Å²) in [5, 5.41) is 6.20. The molecule has 2 atom stereocenters. The third-order valence-electron chi connectivity index (χ3n) is 3.37. The molecule has 4 heteroatoms. The Balaban J connectivity index is 1.88. The van der Waals surface area contributed by atoms with Crippen LogP contribution in [0.2, 0.25) is 0 Å². The van der Waals surface area contributed by atoms with E-state index in [9.17, 15) is 4.79 Å². The van der Waals surface area contributed by atoms with E-state index >= 15 is 0 Å². The number of pyridine rings is 1. The second-order valence-corrected chi connectivity index (χ2v) is 5.04. The van der Waals surface area contributed by atoms with Crippen LogP contribution in [-0.4, -0.2) is 24.0 Å². The second-order valence-electron chi connectivity index (χ2n) is 5.04. The van der Waals surface area contributed by atoms with Crippen molar-refractivity contribution in [3.63, 3.8) is 0 Å². The van der Waals surface area contributed by atoms with Gasteiger partial charge < -0.3 is 10.6 Å². The van der Waals surface area contributed by atoms with E-state index in [1.165, 1.54) is 6.42 Å². The van der Waals surface area contributed by atoms with Gasteiger partial charge >= 0.3 is 0 Å². The van der Waals surface area contributed by atoms with Crippen molar-refractivity contribution in [2.75, 3.05) is 18.4 Å². The van der Waals surface area contributed by atoms with Crippen molar-refractivity contribution in [1.82, 2.24) is 10.3 Å². The maximum absolute atomic E-state index is 11.9. The Morgan fingerprint density at radius 3 is 3.00 bits per heavy atom. The Labute approximate surface area is 108 Å². The number of rotatable bonds is 6. The lowest BCUT2D eigenvalue weighted by Crippen LogP contribution is -2.26. The summed E-state index contributed by atoms with van der Waals surface area (Å²) in [4.78, 5) is 16.0. The summed E-state index contributed by atoms with van der Waals surface area (Å²) >= 11 is 0. The van der Waals surface area contributed by atoms with E-state index in [0.717, 1.165) is 31.1 Å².